The molecule has 0 aromatic heterocycles. The molecule has 0 heterocycles. The van der Waals surface area contributed by atoms with Gasteiger partial charge in [0.2, 0.25) is 10.0 Å². The van der Waals surface area contributed by atoms with Crippen LogP contribution < -0.4 is 10.5 Å². The van der Waals surface area contributed by atoms with Crippen molar-refractivity contribution in [2.75, 3.05) is 0 Å². The van der Waals surface area contributed by atoms with Crippen molar-refractivity contribution in [1.82, 2.24) is 4.72 Å². The Labute approximate surface area is 180 Å². The summed E-state index contributed by atoms with van der Waals surface area (Å²) in [4.78, 5) is 0.226. The molecule has 0 spiro atoms. The molecule has 0 bridgehead atoms. The maximum absolute atomic E-state index is 12.9. The van der Waals surface area contributed by atoms with Crippen molar-refractivity contribution in [2.45, 2.75) is 23.9 Å². The van der Waals surface area contributed by atoms with E-state index in [9.17, 15) is 8.42 Å². The van der Waals surface area contributed by atoms with Gasteiger partial charge in [0.1, 0.15) is 0 Å². The zero-order chi connectivity index (χ0) is 20.6. The Balaban J connectivity index is 0.00000136. The second kappa shape index (κ2) is 10.8. The molecule has 0 aliphatic heterocycles. The fourth-order valence-corrected chi connectivity index (χ4v) is 4.08. The summed E-state index contributed by atoms with van der Waals surface area (Å²) in [6.07, 6.45) is 0. The molecular weight excluding hydrogens is 481 g/mol. The first-order valence-electron chi connectivity index (χ1n) is 8.55. The number of halogens is 1. The third-order valence-electron chi connectivity index (χ3n) is 4.32. The second-order valence-corrected chi connectivity index (χ2v) is 7.97. The van der Waals surface area contributed by atoms with Crippen molar-refractivity contribution in [3.8, 4) is 0 Å². The summed E-state index contributed by atoms with van der Waals surface area (Å²) < 4.78 is 28.6. The molecule has 0 unspecified atom stereocenters. The van der Waals surface area contributed by atoms with Crippen molar-refractivity contribution in [2.24, 2.45) is 5.73 Å². The zero-order valence-corrected chi connectivity index (χ0v) is 18.6. The van der Waals surface area contributed by atoms with Gasteiger partial charge in [0.15, 0.2) is 0 Å². The van der Waals surface area contributed by atoms with E-state index >= 15 is 0 Å². The Morgan fingerprint density at radius 1 is 0.821 bits per heavy atom. The van der Waals surface area contributed by atoms with Crippen LogP contribution in [0.1, 0.15) is 28.8 Å². The number of hydrogen-bond acceptors (Lipinski definition) is 3. The molecule has 0 amide bonds. The Hall–Kier alpha value is -1.56. The van der Waals surface area contributed by atoms with Gasteiger partial charge in [-0.1, -0.05) is 78.4 Å². The van der Waals surface area contributed by atoms with Gasteiger partial charge < -0.3 is 5.73 Å². The van der Waals surface area contributed by atoms with Crippen LogP contribution in [0.4, 0.5) is 0 Å². The molecule has 3 rings (SSSR count). The molecule has 0 saturated heterocycles. The number of benzene rings is 3. The summed E-state index contributed by atoms with van der Waals surface area (Å²) in [7, 11) is 0.861. The Kier molecular flexibility index (Phi) is 8.80. The van der Waals surface area contributed by atoms with Crippen molar-refractivity contribution in [3.05, 3.63) is 102 Å². The first kappa shape index (κ1) is 22.7. The Bertz CT molecular complexity index is 953. The number of aryl methyl sites for hydroxylation is 1. The summed E-state index contributed by atoms with van der Waals surface area (Å²) in [6.45, 7) is 1.92. The maximum atomic E-state index is 12.9. The normalized spacial score (nSPS) is 13.1. The standard InChI is InChI=1S/C21H22N2O2S.ClH.Ru/c1-16-12-14-19(15-13-16)26(24,25)23-21(18-10-6-3-7-11-18)20(22)17-8-4-2-5-9-17;;/h2-15,20-21,23H,22H2,1H3;1H;/q;;+1/p-1/t20-,21-;;/m0../s1. The predicted octanol–water partition coefficient (Wildman–Crippen LogP) is 4.40. The van der Waals surface area contributed by atoms with Crippen LogP contribution in [0.3, 0.4) is 0 Å². The minimum atomic E-state index is -3.71. The van der Waals surface area contributed by atoms with E-state index in [-0.39, 0.29) is 4.90 Å². The molecule has 0 radical (unpaired) electrons. The molecule has 149 valence electrons. The van der Waals surface area contributed by atoms with Crippen molar-refractivity contribution < 1.29 is 25.7 Å². The van der Waals surface area contributed by atoms with Crippen molar-refractivity contribution >= 4 is 19.7 Å². The van der Waals surface area contributed by atoms with E-state index in [2.05, 4.69) is 14.4 Å². The fourth-order valence-electron chi connectivity index (χ4n) is 2.83. The van der Waals surface area contributed by atoms with Crippen LogP contribution in [-0.4, -0.2) is 8.42 Å². The van der Waals surface area contributed by atoms with Crippen molar-refractivity contribution in [1.29, 1.82) is 0 Å². The van der Waals surface area contributed by atoms with Gasteiger partial charge in [-0.05, 0) is 30.2 Å². The average Bonchev–Trinajstić information content (AvgIpc) is 2.74. The molecule has 2 atom stereocenters. The molecule has 0 aliphatic rings. The van der Waals surface area contributed by atoms with Gasteiger partial charge in [-0.25, -0.2) is 13.1 Å². The SMILES string of the molecule is Cc1ccc(S(=O)(=O)N[C@@H](c2ccccc2)[C@@H](N)c2ccccc2)cc1.[Cl][Ru]. The van der Waals surface area contributed by atoms with Gasteiger partial charge in [0, 0.05) is 0 Å². The van der Waals surface area contributed by atoms with E-state index in [0.717, 1.165) is 16.7 Å². The van der Waals surface area contributed by atoms with Gasteiger partial charge in [0.25, 0.3) is 0 Å². The fraction of sp³-hybridized carbons (Fsp3) is 0.143. The Morgan fingerprint density at radius 3 is 1.79 bits per heavy atom. The molecule has 28 heavy (non-hydrogen) atoms. The van der Waals surface area contributed by atoms with Crippen LogP contribution in [0.25, 0.3) is 0 Å². The van der Waals surface area contributed by atoms with E-state index in [1.165, 1.54) is 0 Å². The van der Waals surface area contributed by atoms with E-state index in [1.54, 1.807) is 24.3 Å². The van der Waals surface area contributed by atoms with Gasteiger partial charge in [-0.2, -0.15) is 0 Å². The molecule has 0 saturated carbocycles. The quantitative estimate of drug-likeness (QED) is 0.491. The first-order valence-corrected chi connectivity index (χ1v) is 12.3. The molecule has 7 heteroatoms. The number of sulfonamides is 1. The van der Waals surface area contributed by atoms with Crippen LogP contribution in [-0.2, 0) is 27.3 Å². The molecule has 0 fully saturated rings. The summed E-state index contributed by atoms with van der Waals surface area (Å²) in [5.74, 6) is 0. The van der Waals surface area contributed by atoms with E-state index in [0.29, 0.717) is 0 Å². The van der Waals surface area contributed by atoms with Gasteiger partial charge in [0.05, 0.1) is 17.0 Å². The van der Waals surface area contributed by atoms with Crippen LogP contribution in [0.5, 0.6) is 0 Å². The predicted molar refractivity (Wildman–Crippen MR) is 110 cm³/mol. The summed E-state index contributed by atoms with van der Waals surface area (Å²) in [5.41, 5.74) is 9.15. The third kappa shape index (κ3) is 5.97. The van der Waals surface area contributed by atoms with Crippen LogP contribution >= 0.6 is 9.69 Å². The van der Waals surface area contributed by atoms with Crippen LogP contribution in [0.2, 0.25) is 0 Å². The van der Waals surface area contributed by atoms with E-state index in [1.807, 2.05) is 84.9 Å². The van der Waals surface area contributed by atoms with Gasteiger partial charge >= 0.3 is 27.0 Å². The summed E-state index contributed by atoms with van der Waals surface area (Å²) >= 11 is 1.82. The third-order valence-corrected chi connectivity index (χ3v) is 5.77. The minimum absolute atomic E-state index is 0.226. The topological polar surface area (TPSA) is 72.2 Å². The van der Waals surface area contributed by atoms with Crippen molar-refractivity contribution in [3.63, 3.8) is 0 Å². The van der Waals surface area contributed by atoms with Gasteiger partial charge in [-0.15, -0.1) is 0 Å². The number of nitrogens with one attached hydrogen (secondary N) is 1. The average molecular weight is 503 g/mol. The first-order chi connectivity index (χ1) is 13.5. The van der Waals surface area contributed by atoms with Crippen LogP contribution in [0.15, 0.2) is 89.8 Å². The summed E-state index contributed by atoms with van der Waals surface area (Å²) in [6, 6.07) is 24.6. The molecule has 4 nitrogen and oxygen atoms in total. The second-order valence-electron chi connectivity index (χ2n) is 6.26. The van der Waals surface area contributed by atoms with Crippen LogP contribution in [0, 0.1) is 6.92 Å². The van der Waals surface area contributed by atoms with E-state index < -0.39 is 22.1 Å². The number of nitrogens with two attached hydrogens (primary N) is 1. The monoisotopic (exact) mass is 503 g/mol. The molecule has 0 aliphatic carbocycles. The molecular formula is C21H22ClN2O2RuS. The summed E-state index contributed by atoms with van der Waals surface area (Å²) in [5, 5.41) is 0. The molecule has 3 aromatic carbocycles. The molecule has 3 N–H and O–H groups in total. The van der Waals surface area contributed by atoms with Gasteiger partial charge in [-0.3, -0.25) is 0 Å². The van der Waals surface area contributed by atoms with E-state index in [4.69, 9.17) is 5.73 Å². The number of hydrogen-bond donors (Lipinski definition) is 2. The zero-order valence-electron chi connectivity index (χ0n) is 15.3. The number of rotatable bonds is 6. The Morgan fingerprint density at radius 2 is 1.29 bits per heavy atom. The molecule has 3 aromatic rings.